The van der Waals surface area contributed by atoms with Crippen molar-refractivity contribution < 1.29 is 0 Å². The van der Waals surface area contributed by atoms with Crippen molar-refractivity contribution in [1.29, 1.82) is 0 Å². The second-order valence-electron chi connectivity index (χ2n) is 7.33. The minimum atomic E-state index is 0.0761. The van der Waals surface area contributed by atoms with Gasteiger partial charge in [0.1, 0.15) is 0 Å². The molecule has 0 N–H and O–H groups in total. The van der Waals surface area contributed by atoms with Crippen molar-refractivity contribution >= 4 is 21.5 Å². The highest BCUT2D eigenvalue weighted by Gasteiger charge is 2.22. The average Bonchev–Trinajstić information content (AvgIpc) is 2.59. The molecule has 1 nitrogen and oxygen atoms in total. The normalized spacial score (nSPS) is 12.0. The van der Waals surface area contributed by atoms with E-state index in [2.05, 4.69) is 80.4 Å². The van der Waals surface area contributed by atoms with Crippen LogP contribution < -0.4 is 0 Å². The van der Waals surface area contributed by atoms with Gasteiger partial charge in [0.2, 0.25) is 0 Å². The summed E-state index contributed by atoms with van der Waals surface area (Å²) in [7, 11) is 0. The molecule has 0 saturated heterocycles. The van der Waals surface area contributed by atoms with Crippen molar-refractivity contribution in [3.8, 4) is 11.1 Å². The molecule has 0 saturated carbocycles. The number of rotatable bonds is 1. The highest BCUT2D eigenvalue weighted by Crippen LogP contribution is 2.43. The van der Waals surface area contributed by atoms with Gasteiger partial charge in [-0.25, -0.2) is 0 Å². The Bertz CT molecular complexity index is 967. The van der Waals surface area contributed by atoms with Crippen LogP contribution in [-0.2, 0) is 5.41 Å². The number of benzene rings is 3. The molecular formula is C23H21N. The summed E-state index contributed by atoms with van der Waals surface area (Å²) in [6, 6.07) is 21.7. The first kappa shape index (κ1) is 14.9. The van der Waals surface area contributed by atoms with Crippen LogP contribution >= 0.6 is 0 Å². The van der Waals surface area contributed by atoms with Crippen molar-refractivity contribution in [3.63, 3.8) is 0 Å². The van der Waals surface area contributed by atoms with Crippen LogP contribution in [0, 0.1) is 0 Å². The Morgan fingerprint density at radius 2 is 1.21 bits per heavy atom. The fraction of sp³-hybridized carbons (Fsp3) is 0.174. The molecule has 0 fully saturated rings. The Labute approximate surface area is 143 Å². The first-order valence-electron chi connectivity index (χ1n) is 8.42. The van der Waals surface area contributed by atoms with Crippen molar-refractivity contribution in [1.82, 2.24) is 4.98 Å². The zero-order valence-electron chi connectivity index (χ0n) is 14.4. The van der Waals surface area contributed by atoms with Gasteiger partial charge in [-0.15, -0.1) is 0 Å². The van der Waals surface area contributed by atoms with Crippen LogP contribution in [0.5, 0.6) is 0 Å². The lowest BCUT2D eigenvalue weighted by molar-refractivity contribution is 0.601. The van der Waals surface area contributed by atoms with E-state index in [-0.39, 0.29) is 5.41 Å². The van der Waals surface area contributed by atoms with Crippen molar-refractivity contribution in [2.75, 3.05) is 0 Å². The van der Waals surface area contributed by atoms with E-state index in [1.54, 1.807) is 0 Å². The zero-order valence-corrected chi connectivity index (χ0v) is 14.4. The standard InChI is InChI=1S/C23H21N/c1-23(2,3)22-19-12-6-4-10-17(19)21(16-9-8-14-24-15-16)18-11-5-7-13-20(18)22/h4-15H,1-3H3. The van der Waals surface area contributed by atoms with E-state index < -0.39 is 0 Å². The number of nitrogens with zero attached hydrogens (tertiary/aromatic N) is 1. The highest BCUT2D eigenvalue weighted by molar-refractivity contribution is 6.15. The van der Waals surface area contributed by atoms with E-state index >= 15 is 0 Å². The van der Waals surface area contributed by atoms with E-state index in [0.717, 1.165) is 0 Å². The van der Waals surface area contributed by atoms with Crippen LogP contribution in [0.1, 0.15) is 26.3 Å². The zero-order chi connectivity index (χ0) is 16.7. The molecule has 118 valence electrons. The molecule has 0 radical (unpaired) electrons. The van der Waals surface area contributed by atoms with Crippen LogP contribution in [0.25, 0.3) is 32.7 Å². The monoisotopic (exact) mass is 311 g/mol. The molecule has 1 heteroatoms. The summed E-state index contributed by atoms with van der Waals surface area (Å²) in [5.74, 6) is 0. The predicted octanol–water partition coefficient (Wildman–Crippen LogP) is 6.35. The lowest BCUT2D eigenvalue weighted by atomic mass is 9.78. The van der Waals surface area contributed by atoms with Gasteiger partial charge >= 0.3 is 0 Å². The second kappa shape index (κ2) is 5.45. The number of hydrogen-bond acceptors (Lipinski definition) is 1. The molecule has 0 atom stereocenters. The lowest BCUT2D eigenvalue weighted by Crippen LogP contribution is -2.13. The minimum Gasteiger partial charge on any atom is -0.264 e. The van der Waals surface area contributed by atoms with Gasteiger partial charge in [0.25, 0.3) is 0 Å². The summed E-state index contributed by atoms with van der Waals surface area (Å²) in [6.45, 7) is 6.89. The van der Waals surface area contributed by atoms with E-state index in [9.17, 15) is 0 Å². The van der Waals surface area contributed by atoms with Gasteiger partial charge in [-0.1, -0.05) is 75.4 Å². The van der Waals surface area contributed by atoms with Crippen LogP contribution in [0.3, 0.4) is 0 Å². The maximum atomic E-state index is 4.35. The quantitative estimate of drug-likeness (QED) is 0.373. The Morgan fingerprint density at radius 3 is 1.67 bits per heavy atom. The van der Waals surface area contributed by atoms with Crippen LogP contribution in [0.4, 0.5) is 0 Å². The van der Waals surface area contributed by atoms with E-state index in [4.69, 9.17) is 0 Å². The topological polar surface area (TPSA) is 12.9 Å². The van der Waals surface area contributed by atoms with Crippen molar-refractivity contribution in [2.24, 2.45) is 0 Å². The van der Waals surface area contributed by atoms with Crippen molar-refractivity contribution in [3.05, 3.63) is 78.6 Å². The Hall–Kier alpha value is -2.67. The molecule has 0 aliphatic heterocycles. The molecular weight excluding hydrogens is 290 g/mol. The third kappa shape index (κ3) is 2.28. The Kier molecular flexibility index (Phi) is 3.38. The minimum absolute atomic E-state index is 0.0761. The maximum Gasteiger partial charge on any atom is 0.0346 e. The molecule has 0 unspecified atom stereocenters. The molecule has 1 aromatic heterocycles. The van der Waals surface area contributed by atoms with Gasteiger partial charge in [0.15, 0.2) is 0 Å². The molecule has 3 aromatic carbocycles. The van der Waals surface area contributed by atoms with Gasteiger partial charge < -0.3 is 0 Å². The number of hydrogen-bond donors (Lipinski definition) is 0. The maximum absolute atomic E-state index is 4.35. The Morgan fingerprint density at radius 1 is 0.667 bits per heavy atom. The summed E-state index contributed by atoms with van der Waals surface area (Å²) in [5.41, 5.74) is 3.95. The Balaban J connectivity index is 2.29. The van der Waals surface area contributed by atoms with Crippen LogP contribution in [0.15, 0.2) is 73.1 Å². The largest absolute Gasteiger partial charge is 0.264 e. The fourth-order valence-corrected chi connectivity index (χ4v) is 3.76. The van der Waals surface area contributed by atoms with E-state index in [1.165, 1.54) is 38.2 Å². The number of fused-ring (bicyclic) bond motifs is 2. The number of aromatic nitrogens is 1. The smallest absolute Gasteiger partial charge is 0.0346 e. The molecule has 0 aliphatic rings. The summed E-state index contributed by atoms with van der Waals surface area (Å²) >= 11 is 0. The molecule has 0 aliphatic carbocycles. The summed E-state index contributed by atoms with van der Waals surface area (Å²) < 4.78 is 0. The molecule has 24 heavy (non-hydrogen) atoms. The first-order chi connectivity index (χ1) is 11.6. The van der Waals surface area contributed by atoms with Crippen LogP contribution in [-0.4, -0.2) is 4.98 Å². The van der Waals surface area contributed by atoms with Gasteiger partial charge in [-0.05, 0) is 44.2 Å². The van der Waals surface area contributed by atoms with Gasteiger partial charge in [-0.3, -0.25) is 4.98 Å². The van der Waals surface area contributed by atoms with Gasteiger partial charge in [-0.2, -0.15) is 0 Å². The van der Waals surface area contributed by atoms with Gasteiger partial charge in [0, 0.05) is 18.0 Å². The molecule has 0 bridgehead atoms. The molecule has 1 heterocycles. The van der Waals surface area contributed by atoms with E-state index in [0.29, 0.717) is 0 Å². The molecule has 0 spiro atoms. The lowest BCUT2D eigenvalue weighted by Gasteiger charge is -2.26. The van der Waals surface area contributed by atoms with Crippen LogP contribution in [0.2, 0.25) is 0 Å². The molecule has 4 aromatic rings. The molecule has 4 rings (SSSR count). The van der Waals surface area contributed by atoms with E-state index in [1.807, 2.05) is 18.5 Å². The fourth-order valence-electron chi connectivity index (χ4n) is 3.76. The summed E-state index contributed by atoms with van der Waals surface area (Å²) in [4.78, 5) is 4.35. The highest BCUT2D eigenvalue weighted by atomic mass is 14.6. The third-order valence-electron chi connectivity index (χ3n) is 4.63. The van der Waals surface area contributed by atoms with Gasteiger partial charge in [0.05, 0.1) is 0 Å². The molecule has 0 amide bonds. The average molecular weight is 311 g/mol. The second-order valence-corrected chi connectivity index (χ2v) is 7.33. The summed E-state index contributed by atoms with van der Waals surface area (Å²) in [6.07, 6.45) is 3.79. The first-order valence-corrected chi connectivity index (χ1v) is 8.42. The number of pyridine rings is 1. The SMILES string of the molecule is CC(C)(C)c1c2ccccc2c(-c2cccnc2)c2ccccc12. The van der Waals surface area contributed by atoms with Crippen molar-refractivity contribution in [2.45, 2.75) is 26.2 Å². The summed E-state index contributed by atoms with van der Waals surface area (Å²) in [5, 5.41) is 5.27. The third-order valence-corrected chi connectivity index (χ3v) is 4.63. The predicted molar refractivity (Wildman–Crippen MR) is 103 cm³/mol.